The molecule has 20 heavy (non-hydrogen) atoms. The van der Waals surface area contributed by atoms with Crippen LogP contribution < -0.4 is 5.32 Å². The van der Waals surface area contributed by atoms with E-state index >= 15 is 0 Å². The van der Waals surface area contributed by atoms with Gasteiger partial charge in [0.05, 0.1) is 17.0 Å². The number of carboxylic acids is 1. The molecule has 0 bridgehead atoms. The third-order valence-corrected chi connectivity index (χ3v) is 2.28. The van der Waals surface area contributed by atoms with Gasteiger partial charge in [0.2, 0.25) is 0 Å². The first kappa shape index (κ1) is 15.7. The van der Waals surface area contributed by atoms with E-state index in [9.17, 15) is 32.5 Å². The molecule has 0 aliphatic carbocycles. The summed E-state index contributed by atoms with van der Waals surface area (Å²) in [7, 11) is 0. The Balaban J connectivity index is 3.01. The van der Waals surface area contributed by atoms with Crippen LogP contribution in [0, 0.1) is 10.1 Å². The van der Waals surface area contributed by atoms with Gasteiger partial charge in [0.15, 0.2) is 0 Å². The van der Waals surface area contributed by atoms with Gasteiger partial charge >= 0.3 is 18.3 Å². The predicted molar refractivity (Wildman–Crippen MR) is 59.5 cm³/mol. The van der Waals surface area contributed by atoms with Crippen molar-refractivity contribution in [2.24, 2.45) is 0 Å². The van der Waals surface area contributed by atoms with Crippen molar-refractivity contribution in [3.63, 3.8) is 0 Å². The number of anilines is 1. The zero-order valence-corrected chi connectivity index (χ0v) is 9.65. The topological polar surface area (TPSA) is 92.5 Å². The Kier molecular flexibility index (Phi) is 4.48. The van der Waals surface area contributed by atoms with E-state index in [4.69, 9.17) is 5.11 Å². The summed E-state index contributed by atoms with van der Waals surface area (Å²) in [5.74, 6) is -5.81. The van der Waals surface area contributed by atoms with Crippen molar-refractivity contribution in [3.8, 4) is 0 Å². The molecular formula is C10H8F4N2O4. The summed E-state index contributed by atoms with van der Waals surface area (Å²) >= 11 is 0. The summed E-state index contributed by atoms with van der Waals surface area (Å²) < 4.78 is 49.3. The van der Waals surface area contributed by atoms with Crippen LogP contribution in [0.25, 0.3) is 0 Å². The first-order valence-electron chi connectivity index (χ1n) is 5.06. The summed E-state index contributed by atoms with van der Waals surface area (Å²) in [6.07, 6.45) is -3.92. The number of aromatic carboxylic acids is 1. The van der Waals surface area contributed by atoms with Crippen LogP contribution in [0.5, 0.6) is 0 Å². The van der Waals surface area contributed by atoms with Crippen molar-refractivity contribution in [1.82, 2.24) is 0 Å². The molecule has 0 atom stereocenters. The fourth-order valence-corrected chi connectivity index (χ4v) is 1.26. The highest BCUT2D eigenvalue weighted by Crippen LogP contribution is 2.28. The number of hydrogen-bond donors (Lipinski definition) is 2. The largest absolute Gasteiger partial charge is 0.478 e. The zero-order chi connectivity index (χ0) is 15.5. The summed E-state index contributed by atoms with van der Waals surface area (Å²) in [6, 6.07) is 2.44. The van der Waals surface area contributed by atoms with E-state index in [1.165, 1.54) is 0 Å². The van der Waals surface area contributed by atoms with Crippen molar-refractivity contribution >= 4 is 17.3 Å². The molecule has 0 heterocycles. The minimum atomic E-state index is -4.36. The maximum Gasteiger partial charge on any atom is 0.335 e. The molecular weight excluding hydrogens is 288 g/mol. The summed E-state index contributed by atoms with van der Waals surface area (Å²) in [6.45, 7) is -1.52. The normalized spacial score (nSPS) is 11.4. The minimum absolute atomic E-state index is 0.428. The van der Waals surface area contributed by atoms with E-state index in [-0.39, 0.29) is 0 Å². The number of nitro groups is 1. The van der Waals surface area contributed by atoms with Gasteiger partial charge in [-0.3, -0.25) is 10.1 Å². The molecule has 0 fully saturated rings. The average molecular weight is 296 g/mol. The standard InChI is InChI=1S/C10H8F4N2O4/c11-9(12)10(13,14)4-15-6-2-1-5(8(17)18)3-7(6)16(19)20/h1-3,9,15H,4H2,(H,17,18). The van der Waals surface area contributed by atoms with Crippen LogP contribution >= 0.6 is 0 Å². The van der Waals surface area contributed by atoms with Crippen LogP contribution in [0.2, 0.25) is 0 Å². The van der Waals surface area contributed by atoms with Crippen molar-refractivity contribution in [1.29, 1.82) is 0 Å². The van der Waals surface area contributed by atoms with Gasteiger partial charge in [-0.1, -0.05) is 0 Å². The van der Waals surface area contributed by atoms with Crippen LogP contribution in [0.3, 0.4) is 0 Å². The molecule has 0 spiro atoms. The van der Waals surface area contributed by atoms with Crippen LogP contribution in [0.1, 0.15) is 10.4 Å². The lowest BCUT2D eigenvalue weighted by molar-refractivity contribution is -0.384. The summed E-state index contributed by atoms with van der Waals surface area (Å²) in [5.41, 5.74) is -1.70. The van der Waals surface area contributed by atoms with E-state index in [0.717, 1.165) is 12.1 Å². The Hall–Kier alpha value is -2.39. The second-order valence-corrected chi connectivity index (χ2v) is 3.71. The lowest BCUT2D eigenvalue weighted by atomic mass is 10.1. The van der Waals surface area contributed by atoms with Crippen molar-refractivity contribution in [3.05, 3.63) is 33.9 Å². The fraction of sp³-hybridized carbons (Fsp3) is 0.300. The first-order valence-corrected chi connectivity index (χ1v) is 5.06. The molecule has 2 N–H and O–H groups in total. The molecule has 0 aliphatic heterocycles. The number of nitrogens with one attached hydrogen (secondary N) is 1. The number of hydrogen-bond acceptors (Lipinski definition) is 4. The van der Waals surface area contributed by atoms with Gasteiger partial charge < -0.3 is 10.4 Å². The smallest absolute Gasteiger partial charge is 0.335 e. The Morgan fingerprint density at radius 1 is 1.45 bits per heavy atom. The maximum atomic E-state index is 12.7. The fourth-order valence-electron chi connectivity index (χ4n) is 1.26. The molecule has 1 aromatic carbocycles. The Bertz CT molecular complexity index is 536. The van der Waals surface area contributed by atoms with E-state index in [2.05, 4.69) is 0 Å². The van der Waals surface area contributed by atoms with Crippen LogP contribution in [-0.2, 0) is 0 Å². The number of carbonyl (C=O) groups is 1. The third kappa shape index (κ3) is 3.56. The Labute approximate surface area is 109 Å². The lowest BCUT2D eigenvalue weighted by Gasteiger charge is -2.16. The Morgan fingerprint density at radius 3 is 2.50 bits per heavy atom. The number of nitro benzene ring substituents is 1. The lowest BCUT2D eigenvalue weighted by Crippen LogP contribution is -2.34. The van der Waals surface area contributed by atoms with Crippen LogP contribution in [0.4, 0.5) is 28.9 Å². The molecule has 1 aromatic rings. The second-order valence-electron chi connectivity index (χ2n) is 3.71. The molecule has 0 amide bonds. The van der Waals surface area contributed by atoms with E-state index in [1.807, 2.05) is 5.32 Å². The quantitative estimate of drug-likeness (QED) is 0.478. The van der Waals surface area contributed by atoms with Crippen molar-refractivity contribution in [2.75, 3.05) is 11.9 Å². The SMILES string of the molecule is O=C(O)c1ccc(NCC(F)(F)C(F)F)c([N+](=O)[O-])c1. The molecule has 0 radical (unpaired) electrons. The van der Waals surface area contributed by atoms with E-state index in [0.29, 0.717) is 6.07 Å². The van der Waals surface area contributed by atoms with Gasteiger partial charge in [-0.15, -0.1) is 0 Å². The number of halogens is 4. The van der Waals surface area contributed by atoms with E-state index in [1.54, 1.807) is 0 Å². The molecule has 1 rings (SSSR count). The first-order chi connectivity index (χ1) is 9.15. The van der Waals surface area contributed by atoms with Gasteiger partial charge in [0.25, 0.3) is 5.69 Å². The second kappa shape index (κ2) is 5.72. The summed E-state index contributed by atoms with van der Waals surface area (Å²) in [4.78, 5) is 20.3. The molecule has 0 aliphatic rings. The Morgan fingerprint density at radius 2 is 2.05 bits per heavy atom. The highest BCUT2D eigenvalue weighted by molar-refractivity contribution is 5.89. The van der Waals surface area contributed by atoms with E-state index < -0.39 is 46.7 Å². The number of benzene rings is 1. The van der Waals surface area contributed by atoms with Gasteiger partial charge in [-0.25, -0.2) is 13.6 Å². The number of rotatable bonds is 6. The van der Waals surface area contributed by atoms with Crippen LogP contribution in [0.15, 0.2) is 18.2 Å². The summed E-state index contributed by atoms with van der Waals surface area (Å²) in [5, 5.41) is 21.2. The number of carboxylic acid groups (broad SMARTS) is 1. The van der Waals surface area contributed by atoms with Crippen LogP contribution in [-0.4, -0.2) is 34.9 Å². The molecule has 10 heteroatoms. The molecule has 0 saturated heterocycles. The highest BCUT2D eigenvalue weighted by atomic mass is 19.3. The average Bonchev–Trinajstić information content (AvgIpc) is 2.35. The molecule has 0 saturated carbocycles. The zero-order valence-electron chi connectivity index (χ0n) is 9.65. The van der Waals surface area contributed by atoms with Crippen molar-refractivity contribution < 1.29 is 32.4 Å². The molecule has 110 valence electrons. The molecule has 0 unspecified atom stereocenters. The van der Waals surface area contributed by atoms with Gasteiger partial charge in [-0.05, 0) is 12.1 Å². The minimum Gasteiger partial charge on any atom is -0.478 e. The monoisotopic (exact) mass is 296 g/mol. The predicted octanol–water partition coefficient (Wildman–Crippen LogP) is 2.61. The highest BCUT2D eigenvalue weighted by Gasteiger charge is 2.40. The molecule has 6 nitrogen and oxygen atoms in total. The molecule has 0 aromatic heterocycles. The third-order valence-electron chi connectivity index (χ3n) is 2.28. The van der Waals surface area contributed by atoms with Gasteiger partial charge in [0.1, 0.15) is 5.69 Å². The van der Waals surface area contributed by atoms with Crippen molar-refractivity contribution in [2.45, 2.75) is 12.3 Å². The van der Waals surface area contributed by atoms with Gasteiger partial charge in [-0.2, -0.15) is 8.78 Å². The van der Waals surface area contributed by atoms with Gasteiger partial charge in [0, 0.05) is 6.07 Å². The number of alkyl halides is 4. The maximum absolute atomic E-state index is 12.7. The number of nitrogens with zero attached hydrogens (tertiary/aromatic N) is 1.